The number of carboxylic acids is 1. The Morgan fingerprint density at radius 1 is 1.00 bits per heavy atom. The summed E-state index contributed by atoms with van der Waals surface area (Å²) in [6, 6.07) is 16.8. The van der Waals surface area contributed by atoms with Crippen molar-refractivity contribution in [2.24, 2.45) is 5.92 Å². The maximum absolute atomic E-state index is 13.8. The summed E-state index contributed by atoms with van der Waals surface area (Å²) in [5.41, 5.74) is 1.80. The molecule has 3 aromatic rings. The summed E-state index contributed by atoms with van der Waals surface area (Å²) in [6.07, 6.45) is -3.46. The Balaban J connectivity index is 1.46. The van der Waals surface area contributed by atoms with E-state index in [1.165, 1.54) is 42.4 Å². The molecule has 3 N–H and O–H groups in total. The van der Waals surface area contributed by atoms with Crippen molar-refractivity contribution in [1.29, 1.82) is 0 Å². The van der Waals surface area contributed by atoms with Gasteiger partial charge < -0.3 is 15.5 Å². The second-order valence-electron chi connectivity index (χ2n) is 12.0. The van der Waals surface area contributed by atoms with Crippen molar-refractivity contribution in [3.8, 4) is 11.1 Å². The van der Waals surface area contributed by atoms with Crippen LogP contribution in [0.5, 0.6) is 0 Å². The highest BCUT2D eigenvalue weighted by atomic mass is 32.2. The molecule has 0 radical (unpaired) electrons. The first kappa shape index (κ1) is 32.7. The van der Waals surface area contributed by atoms with Gasteiger partial charge in [0.25, 0.3) is 0 Å². The number of aliphatic carboxylic acids is 1. The van der Waals surface area contributed by atoms with E-state index in [4.69, 9.17) is 5.11 Å². The summed E-state index contributed by atoms with van der Waals surface area (Å²) in [5.74, 6) is -0.661. The fourth-order valence-electron chi connectivity index (χ4n) is 5.74. The molecule has 43 heavy (non-hydrogen) atoms. The Hall–Kier alpha value is -3.25. The molecule has 0 aliphatic heterocycles. The SMILES string of the molecule is CN(CC(O)CNC(C)(C)CC1Cc2ccccc2C1)S(=O)(=O)c1cc(-c2cccc(CC(=O)O)c2)cc(C(F)(F)F)c1. The molecule has 7 nitrogen and oxygen atoms in total. The van der Waals surface area contributed by atoms with Crippen LogP contribution in [0.1, 0.15) is 42.5 Å². The van der Waals surface area contributed by atoms with Crippen molar-refractivity contribution < 1.29 is 36.6 Å². The first-order valence-electron chi connectivity index (χ1n) is 14.0. The Kier molecular flexibility index (Phi) is 9.70. The Labute approximate surface area is 250 Å². The van der Waals surface area contributed by atoms with Crippen molar-refractivity contribution in [2.75, 3.05) is 20.1 Å². The third kappa shape index (κ3) is 8.44. The standard InChI is InChI=1S/C32H37F3N2O5S/c1-31(2,18-22-12-23-8-4-5-9-24(23)13-22)36-19-28(38)20-37(3)43(41,42)29-16-26(15-27(17-29)32(33,34)35)25-10-6-7-21(11-25)14-30(39)40/h4-11,15-17,22,28,36,38H,12-14,18-20H2,1-3H3,(H,39,40). The monoisotopic (exact) mass is 618 g/mol. The van der Waals surface area contributed by atoms with Gasteiger partial charge in [-0.1, -0.05) is 48.5 Å². The highest BCUT2D eigenvalue weighted by Crippen LogP contribution is 2.36. The molecule has 11 heteroatoms. The van der Waals surface area contributed by atoms with Crippen LogP contribution in [0.25, 0.3) is 11.1 Å². The third-order valence-electron chi connectivity index (χ3n) is 7.78. The van der Waals surface area contributed by atoms with E-state index in [0.717, 1.165) is 35.7 Å². The summed E-state index contributed by atoms with van der Waals surface area (Å²) < 4.78 is 69.2. The van der Waals surface area contributed by atoms with Crippen LogP contribution in [0.3, 0.4) is 0 Å². The van der Waals surface area contributed by atoms with E-state index in [2.05, 4.69) is 17.4 Å². The molecule has 232 valence electrons. The van der Waals surface area contributed by atoms with Crippen LogP contribution in [0.15, 0.2) is 71.6 Å². The summed E-state index contributed by atoms with van der Waals surface area (Å²) in [4.78, 5) is 10.5. The van der Waals surface area contributed by atoms with Crippen LogP contribution in [0, 0.1) is 5.92 Å². The number of hydrogen-bond acceptors (Lipinski definition) is 5. The smallest absolute Gasteiger partial charge is 0.416 e. The van der Waals surface area contributed by atoms with Crippen LogP contribution >= 0.6 is 0 Å². The van der Waals surface area contributed by atoms with Gasteiger partial charge >= 0.3 is 12.1 Å². The highest BCUT2D eigenvalue weighted by molar-refractivity contribution is 7.89. The van der Waals surface area contributed by atoms with Crippen molar-refractivity contribution >= 4 is 16.0 Å². The minimum Gasteiger partial charge on any atom is -0.481 e. The number of fused-ring (bicyclic) bond motifs is 1. The molecule has 0 heterocycles. The van der Waals surface area contributed by atoms with Crippen LogP contribution in [0.4, 0.5) is 13.2 Å². The number of nitrogens with one attached hydrogen (secondary N) is 1. The lowest BCUT2D eigenvalue weighted by atomic mass is 9.88. The predicted molar refractivity (Wildman–Crippen MR) is 158 cm³/mol. The fourth-order valence-corrected chi connectivity index (χ4v) is 7.02. The zero-order chi connectivity index (χ0) is 31.6. The number of aliphatic hydroxyl groups excluding tert-OH is 1. The molecular formula is C32H37F3N2O5S. The first-order chi connectivity index (χ1) is 20.0. The molecule has 0 fully saturated rings. The molecule has 3 aromatic carbocycles. The number of carboxylic acid groups (broad SMARTS) is 1. The normalized spacial score (nSPS) is 15.1. The van der Waals surface area contributed by atoms with E-state index in [1.807, 2.05) is 26.0 Å². The molecule has 1 aliphatic carbocycles. The van der Waals surface area contributed by atoms with Gasteiger partial charge in [0.05, 0.1) is 23.0 Å². The largest absolute Gasteiger partial charge is 0.481 e. The first-order valence-corrected chi connectivity index (χ1v) is 15.5. The Morgan fingerprint density at radius 2 is 1.65 bits per heavy atom. The van der Waals surface area contributed by atoms with E-state index in [0.29, 0.717) is 17.5 Å². The molecule has 0 aromatic heterocycles. The van der Waals surface area contributed by atoms with Crippen LogP contribution in [-0.4, -0.2) is 60.7 Å². The average molecular weight is 619 g/mol. The number of halogens is 3. The zero-order valence-electron chi connectivity index (χ0n) is 24.4. The van der Waals surface area contributed by atoms with Crippen LogP contribution < -0.4 is 5.32 Å². The number of rotatable bonds is 12. The van der Waals surface area contributed by atoms with Gasteiger partial charge in [-0.2, -0.15) is 17.5 Å². The maximum atomic E-state index is 13.8. The molecule has 0 amide bonds. The number of hydrogen-bond donors (Lipinski definition) is 3. The van der Waals surface area contributed by atoms with Gasteiger partial charge in [0.1, 0.15) is 0 Å². The summed E-state index contributed by atoms with van der Waals surface area (Å²) in [6.45, 7) is 3.81. The topological polar surface area (TPSA) is 107 Å². The van der Waals surface area contributed by atoms with Gasteiger partial charge in [-0.05, 0) is 85.0 Å². The molecule has 1 aliphatic rings. The van der Waals surface area contributed by atoms with E-state index < -0.39 is 38.7 Å². The van der Waals surface area contributed by atoms with Gasteiger partial charge in [0.15, 0.2) is 0 Å². The average Bonchev–Trinajstić information content (AvgIpc) is 3.32. The van der Waals surface area contributed by atoms with Gasteiger partial charge in [-0.25, -0.2) is 8.42 Å². The minimum absolute atomic E-state index is 0.0212. The lowest BCUT2D eigenvalue weighted by Crippen LogP contribution is -2.47. The predicted octanol–water partition coefficient (Wildman–Crippen LogP) is 5.15. The van der Waals surface area contributed by atoms with Gasteiger partial charge in [-0.15, -0.1) is 0 Å². The number of likely N-dealkylation sites (N-methyl/N-ethyl adjacent to an activating group) is 1. The molecule has 0 spiro atoms. The second kappa shape index (κ2) is 12.8. The summed E-state index contributed by atoms with van der Waals surface area (Å²) >= 11 is 0. The van der Waals surface area contributed by atoms with Crippen LogP contribution in [0.2, 0.25) is 0 Å². The number of carbonyl (C=O) groups is 1. The number of alkyl halides is 3. The molecule has 1 unspecified atom stereocenters. The number of nitrogens with zero attached hydrogens (tertiary/aromatic N) is 1. The maximum Gasteiger partial charge on any atom is 0.416 e. The van der Waals surface area contributed by atoms with Crippen molar-refractivity contribution in [3.63, 3.8) is 0 Å². The zero-order valence-corrected chi connectivity index (χ0v) is 25.2. The molecule has 0 bridgehead atoms. The van der Waals surface area contributed by atoms with Crippen LogP contribution in [-0.2, 0) is 40.3 Å². The molecule has 1 atom stereocenters. The number of benzene rings is 3. The Morgan fingerprint density at radius 3 is 2.26 bits per heavy atom. The van der Waals surface area contributed by atoms with Crippen molar-refractivity contribution in [2.45, 2.75) is 62.2 Å². The lowest BCUT2D eigenvalue weighted by molar-refractivity contribution is -0.138. The fraction of sp³-hybridized carbons (Fsp3) is 0.406. The van der Waals surface area contributed by atoms with Gasteiger partial charge in [0, 0.05) is 25.7 Å². The molecular weight excluding hydrogens is 581 g/mol. The second-order valence-corrected chi connectivity index (χ2v) is 14.0. The number of sulfonamides is 1. The molecule has 4 rings (SSSR count). The van der Waals surface area contributed by atoms with Crippen molar-refractivity contribution in [3.05, 3.63) is 89.0 Å². The number of β-amino-alcohol motifs (C(OH)–C–C–N with tert-alkyl or cyclic N) is 1. The number of aliphatic hydroxyl groups is 1. The van der Waals surface area contributed by atoms with E-state index in [-0.39, 0.29) is 36.2 Å². The van der Waals surface area contributed by atoms with E-state index in [1.54, 1.807) is 0 Å². The summed E-state index contributed by atoms with van der Waals surface area (Å²) in [7, 11) is -3.21. The molecule has 0 saturated heterocycles. The highest BCUT2D eigenvalue weighted by Gasteiger charge is 2.34. The molecule has 0 saturated carbocycles. The lowest BCUT2D eigenvalue weighted by Gasteiger charge is -2.31. The minimum atomic E-state index is -4.83. The Bertz CT molecular complexity index is 1550. The van der Waals surface area contributed by atoms with Crippen molar-refractivity contribution in [1.82, 2.24) is 9.62 Å². The van der Waals surface area contributed by atoms with E-state index >= 15 is 0 Å². The summed E-state index contributed by atoms with van der Waals surface area (Å²) in [5, 5.41) is 23.1. The van der Waals surface area contributed by atoms with Gasteiger partial charge in [-0.3, -0.25) is 4.79 Å². The van der Waals surface area contributed by atoms with E-state index in [9.17, 15) is 31.5 Å². The van der Waals surface area contributed by atoms with Gasteiger partial charge in [0.2, 0.25) is 10.0 Å². The quantitative estimate of drug-likeness (QED) is 0.259. The third-order valence-corrected chi connectivity index (χ3v) is 9.58.